The molecule has 0 amide bonds. The van der Waals surface area contributed by atoms with Gasteiger partial charge in [-0.15, -0.1) is 0 Å². The molecule has 0 bridgehead atoms. The van der Waals surface area contributed by atoms with Crippen LogP contribution in [0.25, 0.3) is 11.1 Å². The first-order valence-corrected chi connectivity index (χ1v) is 7.58. The van der Waals surface area contributed by atoms with Crippen molar-refractivity contribution in [2.24, 2.45) is 11.7 Å². The number of hydrogen-bond acceptors (Lipinski definition) is 3. The fourth-order valence-corrected chi connectivity index (χ4v) is 3.35. The quantitative estimate of drug-likeness (QED) is 0.931. The van der Waals surface area contributed by atoms with Gasteiger partial charge in [0, 0.05) is 12.6 Å². The average molecular weight is 274 g/mol. The molecule has 108 valence electrons. The van der Waals surface area contributed by atoms with E-state index in [9.17, 15) is 4.79 Å². The third kappa shape index (κ3) is 2.40. The molecule has 0 radical (unpaired) electrons. The van der Waals surface area contributed by atoms with Gasteiger partial charge in [0.25, 0.3) is 0 Å². The van der Waals surface area contributed by atoms with Crippen molar-refractivity contribution < 1.29 is 4.42 Å². The normalized spacial score (nSPS) is 17.9. The van der Waals surface area contributed by atoms with Gasteiger partial charge < -0.3 is 10.2 Å². The van der Waals surface area contributed by atoms with Crippen LogP contribution in [0.2, 0.25) is 0 Å². The maximum Gasteiger partial charge on any atom is 0.419 e. The first-order chi connectivity index (χ1) is 9.69. The van der Waals surface area contributed by atoms with E-state index < -0.39 is 0 Å². The van der Waals surface area contributed by atoms with Gasteiger partial charge in [-0.3, -0.25) is 4.57 Å². The van der Waals surface area contributed by atoms with Crippen LogP contribution in [-0.4, -0.2) is 4.57 Å². The Morgan fingerprint density at radius 2 is 2.15 bits per heavy atom. The second-order valence-corrected chi connectivity index (χ2v) is 5.83. The summed E-state index contributed by atoms with van der Waals surface area (Å²) in [4.78, 5) is 11.7. The number of nitrogens with zero attached hydrogens (tertiary/aromatic N) is 1. The predicted octanol–water partition coefficient (Wildman–Crippen LogP) is 3.19. The van der Waals surface area contributed by atoms with E-state index in [1.807, 2.05) is 25.1 Å². The van der Waals surface area contributed by atoms with E-state index in [-0.39, 0.29) is 11.8 Å². The smallest absolute Gasteiger partial charge is 0.408 e. The van der Waals surface area contributed by atoms with Crippen molar-refractivity contribution in [2.75, 3.05) is 0 Å². The van der Waals surface area contributed by atoms with Crippen LogP contribution in [0, 0.1) is 5.92 Å². The summed E-state index contributed by atoms with van der Waals surface area (Å²) < 4.78 is 6.94. The highest BCUT2D eigenvalue weighted by atomic mass is 16.4. The van der Waals surface area contributed by atoms with Gasteiger partial charge in [0.1, 0.15) is 0 Å². The van der Waals surface area contributed by atoms with E-state index in [1.165, 1.54) is 25.7 Å². The molecule has 1 aromatic carbocycles. The van der Waals surface area contributed by atoms with Crippen molar-refractivity contribution in [3.05, 3.63) is 34.3 Å². The fraction of sp³-hybridized carbons (Fsp3) is 0.562. The molecular weight excluding hydrogens is 252 g/mol. The molecule has 20 heavy (non-hydrogen) atoms. The number of fused-ring (bicyclic) bond motifs is 1. The summed E-state index contributed by atoms with van der Waals surface area (Å²) in [6.07, 6.45) is 6.31. The molecular formula is C16H22N2O2. The zero-order valence-corrected chi connectivity index (χ0v) is 12.0. The topological polar surface area (TPSA) is 61.2 Å². The standard InChI is InChI=1S/C16H22N2O2/c1-2-18-14-8-7-12(10-15(14)20-16(18)19)13(17)9-11-5-3-4-6-11/h7-8,10-11,13H,2-6,9,17H2,1H3. The van der Waals surface area contributed by atoms with Crippen molar-refractivity contribution >= 4 is 11.1 Å². The van der Waals surface area contributed by atoms with Crippen LogP contribution in [-0.2, 0) is 6.54 Å². The molecule has 1 saturated carbocycles. The van der Waals surface area contributed by atoms with E-state index in [2.05, 4.69) is 0 Å². The molecule has 2 N–H and O–H groups in total. The molecule has 3 rings (SSSR count). The highest BCUT2D eigenvalue weighted by Crippen LogP contribution is 2.32. The van der Waals surface area contributed by atoms with Gasteiger partial charge >= 0.3 is 5.76 Å². The van der Waals surface area contributed by atoms with E-state index in [0.29, 0.717) is 12.1 Å². The Kier molecular flexibility index (Phi) is 3.66. The van der Waals surface area contributed by atoms with Crippen LogP contribution in [0.15, 0.2) is 27.4 Å². The second kappa shape index (κ2) is 5.44. The lowest BCUT2D eigenvalue weighted by Gasteiger charge is -2.16. The van der Waals surface area contributed by atoms with Crippen LogP contribution in [0.5, 0.6) is 0 Å². The molecule has 4 heteroatoms. The minimum absolute atomic E-state index is 0.0396. The summed E-state index contributed by atoms with van der Waals surface area (Å²) in [5, 5.41) is 0. The molecule has 1 aliphatic rings. The van der Waals surface area contributed by atoms with Gasteiger partial charge in [0.05, 0.1) is 5.52 Å². The molecule has 1 atom stereocenters. The average Bonchev–Trinajstić information content (AvgIpc) is 3.04. The van der Waals surface area contributed by atoms with E-state index in [1.54, 1.807) is 4.57 Å². The first kappa shape index (κ1) is 13.4. The molecule has 4 nitrogen and oxygen atoms in total. The molecule has 0 saturated heterocycles. The Labute approximate surface area is 118 Å². The number of rotatable bonds is 4. The van der Waals surface area contributed by atoms with E-state index >= 15 is 0 Å². The summed E-state index contributed by atoms with van der Waals surface area (Å²) in [7, 11) is 0. The van der Waals surface area contributed by atoms with Crippen LogP contribution in [0.4, 0.5) is 0 Å². The summed E-state index contributed by atoms with van der Waals surface area (Å²) >= 11 is 0. The molecule has 0 aliphatic heterocycles. The summed E-state index contributed by atoms with van der Waals surface area (Å²) in [5.74, 6) is 0.469. The number of oxazole rings is 1. The van der Waals surface area contributed by atoms with Gasteiger partial charge in [-0.1, -0.05) is 31.7 Å². The lowest BCUT2D eigenvalue weighted by Crippen LogP contribution is -2.14. The maximum absolute atomic E-state index is 11.7. The van der Waals surface area contributed by atoms with Crippen molar-refractivity contribution in [2.45, 2.75) is 51.6 Å². The first-order valence-electron chi connectivity index (χ1n) is 7.58. The Morgan fingerprint density at radius 1 is 1.40 bits per heavy atom. The number of aryl methyl sites for hydroxylation is 1. The summed E-state index contributed by atoms with van der Waals surface area (Å²) in [5.41, 5.74) is 8.89. The zero-order chi connectivity index (χ0) is 14.1. The zero-order valence-electron chi connectivity index (χ0n) is 12.0. The van der Waals surface area contributed by atoms with Crippen LogP contribution >= 0.6 is 0 Å². The minimum Gasteiger partial charge on any atom is -0.408 e. The maximum atomic E-state index is 11.7. The molecule has 1 aromatic heterocycles. The van der Waals surface area contributed by atoms with Crippen molar-refractivity contribution in [1.29, 1.82) is 0 Å². The second-order valence-electron chi connectivity index (χ2n) is 5.83. The largest absolute Gasteiger partial charge is 0.419 e. The van der Waals surface area contributed by atoms with Crippen LogP contribution < -0.4 is 11.5 Å². The molecule has 1 fully saturated rings. The van der Waals surface area contributed by atoms with E-state index in [4.69, 9.17) is 10.2 Å². The monoisotopic (exact) mass is 274 g/mol. The van der Waals surface area contributed by atoms with Crippen molar-refractivity contribution in [1.82, 2.24) is 4.57 Å². The summed E-state index contributed by atoms with van der Waals surface area (Å²) in [6, 6.07) is 5.96. The Morgan fingerprint density at radius 3 is 2.85 bits per heavy atom. The number of hydrogen-bond donors (Lipinski definition) is 1. The number of nitrogens with two attached hydrogens (primary N) is 1. The highest BCUT2D eigenvalue weighted by Gasteiger charge is 2.19. The molecule has 2 aromatic rings. The minimum atomic E-state index is -0.288. The summed E-state index contributed by atoms with van der Waals surface area (Å²) in [6.45, 7) is 2.56. The predicted molar refractivity (Wildman–Crippen MR) is 79.7 cm³/mol. The van der Waals surface area contributed by atoms with Crippen molar-refractivity contribution in [3.63, 3.8) is 0 Å². The fourth-order valence-electron chi connectivity index (χ4n) is 3.35. The van der Waals surface area contributed by atoms with Gasteiger partial charge in [0.15, 0.2) is 5.58 Å². The number of benzene rings is 1. The lowest BCUT2D eigenvalue weighted by molar-refractivity contribution is 0.450. The highest BCUT2D eigenvalue weighted by molar-refractivity contribution is 5.73. The Hall–Kier alpha value is -1.55. The van der Waals surface area contributed by atoms with Crippen molar-refractivity contribution in [3.8, 4) is 0 Å². The third-order valence-electron chi connectivity index (χ3n) is 4.50. The SMILES string of the molecule is CCn1c(=O)oc2cc(C(N)CC3CCCC3)ccc21. The molecule has 1 aliphatic carbocycles. The molecule has 1 unspecified atom stereocenters. The van der Waals surface area contributed by atoms with Gasteiger partial charge in [-0.2, -0.15) is 0 Å². The van der Waals surface area contributed by atoms with E-state index in [0.717, 1.165) is 23.4 Å². The lowest BCUT2D eigenvalue weighted by atomic mass is 9.94. The number of aromatic nitrogens is 1. The molecule has 1 heterocycles. The molecule has 0 spiro atoms. The van der Waals surface area contributed by atoms with Gasteiger partial charge in [-0.25, -0.2) is 4.79 Å². The van der Waals surface area contributed by atoms with Gasteiger partial charge in [0.2, 0.25) is 0 Å². The van der Waals surface area contributed by atoms with Gasteiger partial charge in [-0.05, 0) is 37.0 Å². The third-order valence-corrected chi connectivity index (χ3v) is 4.50. The van der Waals surface area contributed by atoms with Crippen LogP contribution in [0.3, 0.4) is 0 Å². The Balaban J connectivity index is 1.86. The van der Waals surface area contributed by atoms with Crippen LogP contribution in [0.1, 0.15) is 50.6 Å². The Bertz CT molecular complexity index is 650.